The summed E-state index contributed by atoms with van der Waals surface area (Å²) in [7, 11) is -3.62. The number of anilines is 1. The average molecular weight is 413 g/mol. The third kappa shape index (κ3) is 3.65. The summed E-state index contributed by atoms with van der Waals surface area (Å²) in [5.41, 5.74) is 3.73. The third-order valence-electron chi connectivity index (χ3n) is 4.98. The maximum absolute atomic E-state index is 13.4. The van der Waals surface area contributed by atoms with E-state index in [1.54, 1.807) is 16.4 Å². The molecule has 4 rings (SSSR count). The zero-order valence-corrected chi connectivity index (χ0v) is 17.0. The number of hydrogen-bond acceptors (Lipinski definition) is 3. The van der Waals surface area contributed by atoms with Crippen molar-refractivity contribution in [2.24, 2.45) is 0 Å². The Bertz CT molecular complexity index is 1080. The molecule has 1 aliphatic heterocycles. The van der Waals surface area contributed by atoms with Crippen molar-refractivity contribution in [1.82, 2.24) is 4.31 Å². The molecule has 0 bridgehead atoms. The van der Waals surface area contributed by atoms with Crippen LogP contribution in [-0.4, -0.2) is 19.3 Å². The van der Waals surface area contributed by atoms with E-state index < -0.39 is 16.2 Å². The van der Waals surface area contributed by atoms with E-state index in [0.29, 0.717) is 28.6 Å². The fourth-order valence-corrected chi connectivity index (χ4v) is 5.25. The smallest absolute Gasteiger partial charge is 0.247 e. The first kappa shape index (κ1) is 19.0. The molecule has 0 aliphatic carbocycles. The Morgan fingerprint density at radius 2 is 1.64 bits per heavy atom. The predicted octanol–water partition coefficient (Wildman–Crippen LogP) is 5.01. The van der Waals surface area contributed by atoms with E-state index in [-0.39, 0.29) is 0 Å². The molecule has 1 atom stereocenters. The normalized spacial score (nSPS) is 18.3. The molecule has 0 amide bonds. The number of fused-ring (bicyclic) bond motifs is 1. The van der Waals surface area contributed by atoms with Gasteiger partial charge < -0.3 is 5.32 Å². The molecule has 6 heteroatoms. The molecule has 28 heavy (non-hydrogen) atoms. The highest BCUT2D eigenvalue weighted by Gasteiger charge is 2.38. The van der Waals surface area contributed by atoms with Gasteiger partial charge >= 0.3 is 0 Å². The topological polar surface area (TPSA) is 49.4 Å². The number of benzene rings is 3. The molecule has 0 fully saturated rings. The Morgan fingerprint density at radius 1 is 0.964 bits per heavy atom. The van der Waals surface area contributed by atoms with E-state index in [1.807, 2.05) is 67.6 Å². The van der Waals surface area contributed by atoms with Crippen LogP contribution in [0.4, 0.5) is 5.69 Å². The van der Waals surface area contributed by atoms with E-state index in [9.17, 15) is 8.42 Å². The molecule has 3 aromatic carbocycles. The molecular formula is C22H21ClN2O2S. The summed E-state index contributed by atoms with van der Waals surface area (Å²) >= 11 is 5.96. The number of nitrogens with zero attached hydrogens (tertiary/aromatic N) is 1. The second-order valence-electron chi connectivity index (χ2n) is 6.95. The first-order valence-electron chi connectivity index (χ1n) is 9.13. The minimum absolute atomic E-state index is 0.314. The second kappa shape index (κ2) is 7.59. The highest BCUT2D eigenvalue weighted by Crippen LogP contribution is 2.38. The van der Waals surface area contributed by atoms with Gasteiger partial charge in [0.15, 0.2) is 0 Å². The first-order valence-corrected chi connectivity index (χ1v) is 11.0. The molecule has 0 spiro atoms. The standard InChI is InChI=1S/C22H21ClN2O2S/c1-16-6-10-18(11-7-16)22-24-20-4-2-3-5-21(20)28(26,27)25(22)15-14-17-8-12-19(23)13-9-17/h2-13,22,24H,14-15H2,1H3. The molecule has 0 saturated heterocycles. The lowest BCUT2D eigenvalue weighted by Gasteiger charge is -2.37. The molecule has 0 saturated carbocycles. The van der Waals surface area contributed by atoms with Gasteiger partial charge in [-0.05, 0) is 48.7 Å². The third-order valence-corrected chi connectivity index (χ3v) is 7.16. The van der Waals surface area contributed by atoms with Crippen molar-refractivity contribution >= 4 is 27.3 Å². The van der Waals surface area contributed by atoms with Gasteiger partial charge in [0.05, 0.1) is 5.69 Å². The predicted molar refractivity (Wildman–Crippen MR) is 113 cm³/mol. The van der Waals surface area contributed by atoms with E-state index >= 15 is 0 Å². The van der Waals surface area contributed by atoms with Gasteiger partial charge in [0.2, 0.25) is 10.0 Å². The van der Waals surface area contributed by atoms with Crippen LogP contribution in [0.1, 0.15) is 22.9 Å². The van der Waals surface area contributed by atoms with Crippen LogP contribution in [-0.2, 0) is 16.4 Å². The van der Waals surface area contributed by atoms with Crippen LogP contribution < -0.4 is 5.32 Å². The van der Waals surface area contributed by atoms with Crippen LogP contribution in [0.15, 0.2) is 77.7 Å². The summed E-state index contributed by atoms with van der Waals surface area (Å²) < 4.78 is 28.3. The van der Waals surface area contributed by atoms with E-state index in [0.717, 1.165) is 16.7 Å². The molecule has 144 valence electrons. The Kier molecular flexibility index (Phi) is 5.15. The van der Waals surface area contributed by atoms with Gasteiger partial charge in [-0.25, -0.2) is 8.42 Å². The fourth-order valence-electron chi connectivity index (χ4n) is 3.43. The van der Waals surface area contributed by atoms with Crippen LogP contribution in [0, 0.1) is 6.92 Å². The summed E-state index contributed by atoms with van der Waals surface area (Å²) in [5, 5.41) is 4.08. The van der Waals surface area contributed by atoms with Crippen molar-refractivity contribution in [2.75, 3.05) is 11.9 Å². The molecule has 1 N–H and O–H groups in total. The Morgan fingerprint density at radius 3 is 2.36 bits per heavy atom. The Balaban J connectivity index is 1.71. The van der Waals surface area contributed by atoms with Crippen LogP contribution in [0.2, 0.25) is 5.02 Å². The molecule has 1 heterocycles. The quantitative estimate of drug-likeness (QED) is 0.655. The minimum atomic E-state index is -3.62. The highest BCUT2D eigenvalue weighted by atomic mass is 35.5. The minimum Gasteiger partial charge on any atom is -0.364 e. The van der Waals surface area contributed by atoms with Gasteiger partial charge in [-0.15, -0.1) is 0 Å². The summed E-state index contributed by atoms with van der Waals surface area (Å²) in [6.07, 6.45) is 0.149. The molecule has 3 aromatic rings. The van der Waals surface area contributed by atoms with E-state index in [4.69, 9.17) is 11.6 Å². The SMILES string of the molecule is Cc1ccc(C2Nc3ccccc3S(=O)(=O)N2CCc2ccc(Cl)cc2)cc1. The van der Waals surface area contributed by atoms with Crippen molar-refractivity contribution in [1.29, 1.82) is 0 Å². The largest absolute Gasteiger partial charge is 0.364 e. The van der Waals surface area contributed by atoms with Crippen molar-refractivity contribution in [3.8, 4) is 0 Å². The summed E-state index contributed by atoms with van der Waals surface area (Å²) in [6.45, 7) is 2.38. The van der Waals surface area contributed by atoms with E-state index in [2.05, 4.69) is 5.32 Å². The number of sulfonamides is 1. The van der Waals surface area contributed by atoms with Crippen molar-refractivity contribution < 1.29 is 8.42 Å². The number of hydrogen-bond donors (Lipinski definition) is 1. The molecule has 0 radical (unpaired) electrons. The lowest BCUT2D eigenvalue weighted by molar-refractivity contribution is 0.345. The lowest BCUT2D eigenvalue weighted by atomic mass is 10.1. The van der Waals surface area contributed by atoms with Crippen LogP contribution >= 0.6 is 11.6 Å². The number of rotatable bonds is 4. The fraction of sp³-hybridized carbons (Fsp3) is 0.182. The number of aryl methyl sites for hydroxylation is 1. The molecule has 0 aromatic heterocycles. The summed E-state index contributed by atoms with van der Waals surface area (Å²) in [6, 6.07) is 22.5. The molecule has 1 aliphatic rings. The van der Waals surface area contributed by atoms with Gasteiger partial charge in [0.1, 0.15) is 11.1 Å². The number of nitrogens with one attached hydrogen (secondary N) is 1. The first-order chi connectivity index (χ1) is 13.4. The lowest BCUT2D eigenvalue weighted by Crippen LogP contribution is -2.43. The highest BCUT2D eigenvalue weighted by molar-refractivity contribution is 7.89. The Labute approximate surface area is 170 Å². The maximum atomic E-state index is 13.4. The van der Waals surface area contributed by atoms with Gasteiger partial charge in [0, 0.05) is 11.6 Å². The van der Waals surface area contributed by atoms with Crippen LogP contribution in [0.25, 0.3) is 0 Å². The molecular weight excluding hydrogens is 392 g/mol. The number of para-hydroxylation sites is 1. The van der Waals surface area contributed by atoms with Crippen molar-refractivity contribution in [3.63, 3.8) is 0 Å². The van der Waals surface area contributed by atoms with Gasteiger partial charge in [0.25, 0.3) is 0 Å². The van der Waals surface area contributed by atoms with Crippen molar-refractivity contribution in [3.05, 3.63) is 94.5 Å². The van der Waals surface area contributed by atoms with Crippen molar-refractivity contribution in [2.45, 2.75) is 24.4 Å². The van der Waals surface area contributed by atoms with Gasteiger partial charge in [-0.1, -0.05) is 65.7 Å². The molecule has 1 unspecified atom stereocenters. The molecule has 4 nitrogen and oxygen atoms in total. The Hall–Kier alpha value is -2.34. The van der Waals surface area contributed by atoms with Crippen LogP contribution in [0.3, 0.4) is 0 Å². The van der Waals surface area contributed by atoms with Gasteiger partial charge in [-0.2, -0.15) is 4.31 Å². The van der Waals surface area contributed by atoms with E-state index in [1.165, 1.54) is 0 Å². The second-order valence-corrected chi connectivity index (χ2v) is 9.24. The summed E-state index contributed by atoms with van der Waals surface area (Å²) in [4.78, 5) is 0.314. The van der Waals surface area contributed by atoms with Crippen LogP contribution in [0.5, 0.6) is 0 Å². The maximum Gasteiger partial charge on any atom is 0.247 e. The summed E-state index contributed by atoms with van der Waals surface area (Å²) in [5.74, 6) is 0. The average Bonchev–Trinajstić information content (AvgIpc) is 2.69. The zero-order chi connectivity index (χ0) is 19.7. The zero-order valence-electron chi connectivity index (χ0n) is 15.5. The number of halogens is 1. The monoisotopic (exact) mass is 412 g/mol. The van der Waals surface area contributed by atoms with Gasteiger partial charge in [-0.3, -0.25) is 0 Å².